The van der Waals surface area contributed by atoms with Crippen molar-refractivity contribution in [2.24, 2.45) is 0 Å². The lowest BCUT2D eigenvalue weighted by Gasteiger charge is -2.01. The van der Waals surface area contributed by atoms with Crippen molar-refractivity contribution in [1.29, 1.82) is 0 Å². The number of rotatable bonds is 4. The van der Waals surface area contributed by atoms with Crippen molar-refractivity contribution in [3.8, 4) is 0 Å². The van der Waals surface area contributed by atoms with E-state index in [4.69, 9.17) is 5.11 Å². The molecule has 0 spiro atoms. The van der Waals surface area contributed by atoms with Gasteiger partial charge < -0.3 is 10.4 Å². The predicted molar refractivity (Wildman–Crippen MR) is 44.7 cm³/mol. The Morgan fingerprint density at radius 1 is 1.50 bits per heavy atom. The third-order valence-corrected chi connectivity index (χ3v) is 1.23. The maximum atomic E-state index is 11.0. The molecule has 4 heteroatoms. The molecule has 0 bridgehead atoms. The molecular weight excluding hydrogens is 158 g/mol. The molecule has 0 saturated heterocycles. The Bertz CT molecular complexity index is 208. The fraction of sp³-hybridized carbons (Fsp3) is 0.500. The van der Waals surface area contributed by atoms with Gasteiger partial charge in [0.2, 0.25) is 5.91 Å². The zero-order valence-electron chi connectivity index (χ0n) is 7.26. The molecule has 0 fully saturated rings. The SMILES string of the molecule is CCCNC(=O)/C(C)=C\C(=O)O. The summed E-state index contributed by atoms with van der Waals surface area (Å²) in [4.78, 5) is 21.1. The van der Waals surface area contributed by atoms with Crippen LogP contribution in [0.3, 0.4) is 0 Å². The Morgan fingerprint density at radius 2 is 2.08 bits per heavy atom. The molecule has 0 aliphatic carbocycles. The number of hydrogen-bond acceptors (Lipinski definition) is 2. The van der Waals surface area contributed by atoms with Gasteiger partial charge in [-0.3, -0.25) is 4.79 Å². The Hall–Kier alpha value is -1.32. The number of carbonyl (C=O) groups is 2. The maximum absolute atomic E-state index is 11.0. The van der Waals surface area contributed by atoms with Crippen LogP contribution in [0.2, 0.25) is 0 Å². The molecule has 0 atom stereocenters. The van der Waals surface area contributed by atoms with Crippen LogP contribution in [0.25, 0.3) is 0 Å². The lowest BCUT2D eigenvalue weighted by atomic mass is 10.2. The first-order valence-electron chi connectivity index (χ1n) is 3.77. The van der Waals surface area contributed by atoms with Crippen molar-refractivity contribution >= 4 is 11.9 Å². The van der Waals surface area contributed by atoms with E-state index in [1.165, 1.54) is 6.92 Å². The second kappa shape index (κ2) is 5.35. The van der Waals surface area contributed by atoms with E-state index in [2.05, 4.69) is 5.32 Å². The van der Waals surface area contributed by atoms with Crippen molar-refractivity contribution in [2.75, 3.05) is 6.54 Å². The lowest BCUT2D eigenvalue weighted by molar-refractivity contribution is -0.131. The van der Waals surface area contributed by atoms with E-state index in [0.717, 1.165) is 12.5 Å². The summed E-state index contributed by atoms with van der Waals surface area (Å²) in [6.45, 7) is 3.97. The summed E-state index contributed by atoms with van der Waals surface area (Å²) in [5.41, 5.74) is 0.218. The largest absolute Gasteiger partial charge is 0.478 e. The molecule has 2 N–H and O–H groups in total. The number of carbonyl (C=O) groups excluding carboxylic acids is 1. The first-order valence-corrected chi connectivity index (χ1v) is 3.77. The van der Waals surface area contributed by atoms with Gasteiger partial charge in [-0.1, -0.05) is 6.92 Å². The summed E-state index contributed by atoms with van der Waals surface area (Å²) < 4.78 is 0. The minimum Gasteiger partial charge on any atom is -0.478 e. The van der Waals surface area contributed by atoms with Crippen molar-refractivity contribution in [2.45, 2.75) is 20.3 Å². The van der Waals surface area contributed by atoms with Crippen molar-refractivity contribution < 1.29 is 14.7 Å². The molecule has 1 amide bonds. The van der Waals surface area contributed by atoms with E-state index in [9.17, 15) is 9.59 Å². The van der Waals surface area contributed by atoms with Gasteiger partial charge in [-0.25, -0.2) is 4.79 Å². The second-order valence-corrected chi connectivity index (χ2v) is 2.42. The average Bonchev–Trinajstić information content (AvgIpc) is 1.98. The highest BCUT2D eigenvalue weighted by Gasteiger charge is 2.03. The molecule has 0 aliphatic rings. The molecular formula is C8H13NO3. The first-order chi connectivity index (χ1) is 5.57. The normalized spacial score (nSPS) is 11.0. The summed E-state index contributed by atoms with van der Waals surface area (Å²) in [5, 5.41) is 10.9. The highest BCUT2D eigenvalue weighted by Crippen LogP contribution is 1.91. The van der Waals surface area contributed by atoms with E-state index in [1.54, 1.807) is 0 Å². The van der Waals surface area contributed by atoms with Crippen LogP contribution >= 0.6 is 0 Å². The van der Waals surface area contributed by atoms with Gasteiger partial charge in [-0.2, -0.15) is 0 Å². The minimum atomic E-state index is -1.10. The van der Waals surface area contributed by atoms with Gasteiger partial charge in [0.25, 0.3) is 0 Å². The lowest BCUT2D eigenvalue weighted by Crippen LogP contribution is -2.25. The quantitative estimate of drug-likeness (QED) is 0.607. The van der Waals surface area contributed by atoms with Crippen LogP contribution in [-0.2, 0) is 9.59 Å². The summed E-state index contributed by atoms with van der Waals surface area (Å²) in [7, 11) is 0. The van der Waals surface area contributed by atoms with E-state index >= 15 is 0 Å². The molecule has 0 aliphatic heterocycles. The molecule has 68 valence electrons. The van der Waals surface area contributed by atoms with Crippen LogP contribution in [0.15, 0.2) is 11.6 Å². The molecule has 4 nitrogen and oxygen atoms in total. The molecule has 0 heterocycles. The average molecular weight is 171 g/mol. The van der Waals surface area contributed by atoms with Crippen LogP contribution in [0.1, 0.15) is 20.3 Å². The molecule has 0 aromatic rings. The summed E-state index contributed by atoms with van der Waals surface area (Å²) >= 11 is 0. The maximum Gasteiger partial charge on any atom is 0.328 e. The van der Waals surface area contributed by atoms with Crippen LogP contribution in [0, 0.1) is 0 Å². The molecule has 0 saturated carbocycles. The standard InChI is InChI=1S/C8H13NO3/c1-3-4-9-8(12)6(2)5-7(10)11/h5H,3-4H2,1-2H3,(H,9,12)(H,10,11)/b6-5-. The van der Waals surface area contributed by atoms with Gasteiger partial charge in [0, 0.05) is 18.2 Å². The monoisotopic (exact) mass is 171 g/mol. The predicted octanol–water partition coefficient (Wildman–Crippen LogP) is 0.544. The van der Waals surface area contributed by atoms with Gasteiger partial charge >= 0.3 is 5.97 Å². The fourth-order valence-corrected chi connectivity index (χ4v) is 0.629. The van der Waals surface area contributed by atoms with Crippen LogP contribution in [-0.4, -0.2) is 23.5 Å². The number of nitrogens with one attached hydrogen (secondary N) is 1. The van der Waals surface area contributed by atoms with Crippen molar-refractivity contribution in [3.05, 3.63) is 11.6 Å². The van der Waals surface area contributed by atoms with Crippen molar-refractivity contribution in [1.82, 2.24) is 5.32 Å². The van der Waals surface area contributed by atoms with Crippen LogP contribution in [0.5, 0.6) is 0 Å². The molecule has 12 heavy (non-hydrogen) atoms. The fourth-order valence-electron chi connectivity index (χ4n) is 0.629. The third-order valence-electron chi connectivity index (χ3n) is 1.23. The van der Waals surface area contributed by atoms with Crippen LogP contribution in [0.4, 0.5) is 0 Å². The Morgan fingerprint density at radius 3 is 2.50 bits per heavy atom. The van der Waals surface area contributed by atoms with Gasteiger partial charge in [0.05, 0.1) is 0 Å². The number of aliphatic carboxylic acids is 1. The van der Waals surface area contributed by atoms with Crippen molar-refractivity contribution in [3.63, 3.8) is 0 Å². The topological polar surface area (TPSA) is 66.4 Å². The van der Waals surface area contributed by atoms with E-state index in [0.29, 0.717) is 6.54 Å². The molecule has 0 radical (unpaired) electrons. The number of amides is 1. The van der Waals surface area contributed by atoms with Gasteiger partial charge in [-0.05, 0) is 13.3 Å². The number of carboxylic acids is 1. The third kappa shape index (κ3) is 4.49. The summed E-state index contributed by atoms with van der Waals surface area (Å²) in [5.74, 6) is -1.42. The smallest absolute Gasteiger partial charge is 0.328 e. The Kier molecular flexibility index (Phi) is 4.76. The minimum absolute atomic E-state index is 0.218. The first kappa shape index (κ1) is 10.7. The molecule has 0 rings (SSSR count). The van der Waals surface area contributed by atoms with E-state index < -0.39 is 5.97 Å². The summed E-state index contributed by atoms with van der Waals surface area (Å²) in [6, 6.07) is 0. The van der Waals surface area contributed by atoms with Crippen LogP contribution < -0.4 is 5.32 Å². The molecule has 0 aromatic heterocycles. The molecule has 0 unspecified atom stereocenters. The van der Waals surface area contributed by atoms with E-state index in [1.807, 2.05) is 6.92 Å². The highest BCUT2D eigenvalue weighted by atomic mass is 16.4. The van der Waals surface area contributed by atoms with Gasteiger partial charge in [0.15, 0.2) is 0 Å². The number of carboxylic acid groups (broad SMARTS) is 1. The van der Waals surface area contributed by atoms with Gasteiger partial charge in [-0.15, -0.1) is 0 Å². The Balaban J connectivity index is 4.01. The summed E-state index contributed by atoms with van der Waals surface area (Å²) in [6.07, 6.45) is 1.73. The molecule has 0 aromatic carbocycles. The zero-order chi connectivity index (χ0) is 9.56. The number of hydrogen-bond donors (Lipinski definition) is 2. The highest BCUT2D eigenvalue weighted by molar-refractivity contribution is 5.98. The Labute approximate surface area is 71.3 Å². The second-order valence-electron chi connectivity index (χ2n) is 2.42. The zero-order valence-corrected chi connectivity index (χ0v) is 7.26. The van der Waals surface area contributed by atoms with E-state index in [-0.39, 0.29) is 11.5 Å². The van der Waals surface area contributed by atoms with Gasteiger partial charge in [0.1, 0.15) is 0 Å².